The molecule has 8 heavy (non-hydrogen) atoms. The van der Waals surface area contributed by atoms with Crippen molar-refractivity contribution in [3.8, 4) is 0 Å². The highest BCUT2D eigenvalue weighted by molar-refractivity contribution is 7.80. The molecule has 0 aromatic carbocycles. The van der Waals surface area contributed by atoms with Gasteiger partial charge in [-0.1, -0.05) is 0 Å². The molecule has 1 heterocycles. The third kappa shape index (κ3) is 1.49. The van der Waals surface area contributed by atoms with Gasteiger partial charge in [-0.15, -0.1) is 12.6 Å². The van der Waals surface area contributed by atoms with E-state index >= 15 is 0 Å². The molecule has 0 aliphatic carbocycles. The summed E-state index contributed by atoms with van der Waals surface area (Å²) in [4.78, 5) is 10.4. The lowest BCUT2D eigenvalue weighted by Gasteiger charge is -2.15. The molecule has 3 heteroatoms. The predicted molar refractivity (Wildman–Crippen MR) is 33.0 cm³/mol. The Hall–Kier alpha value is -0.0200. The van der Waals surface area contributed by atoms with E-state index in [4.69, 9.17) is 4.74 Å². The fourth-order valence-electron chi connectivity index (χ4n) is 0.629. The van der Waals surface area contributed by atoms with Crippen molar-refractivity contribution in [2.45, 2.75) is 18.3 Å². The SMILES string of the molecule is O=C1CCC(S)OC1. The normalized spacial score (nSPS) is 30.6. The van der Waals surface area contributed by atoms with Gasteiger partial charge < -0.3 is 4.74 Å². The van der Waals surface area contributed by atoms with E-state index in [0.717, 1.165) is 6.42 Å². The Kier molecular flexibility index (Phi) is 1.91. The van der Waals surface area contributed by atoms with Crippen molar-refractivity contribution < 1.29 is 9.53 Å². The van der Waals surface area contributed by atoms with Gasteiger partial charge in [0.1, 0.15) is 12.0 Å². The summed E-state index contributed by atoms with van der Waals surface area (Å²) in [5.41, 5.74) is -0.00676. The summed E-state index contributed by atoms with van der Waals surface area (Å²) in [6.07, 6.45) is 1.40. The van der Waals surface area contributed by atoms with E-state index in [9.17, 15) is 4.79 Å². The van der Waals surface area contributed by atoms with E-state index in [1.807, 2.05) is 0 Å². The molecule has 0 radical (unpaired) electrons. The highest BCUT2D eigenvalue weighted by atomic mass is 32.1. The molecule has 0 saturated carbocycles. The topological polar surface area (TPSA) is 26.3 Å². The summed E-state index contributed by atoms with van der Waals surface area (Å²) < 4.78 is 4.90. The number of Topliss-reactive ketones (excluding diaryl/α,β-unsaturated/α-hetero) is 1. The Morgan fingerprint density at radius 3 is 2.88 bits per heavy atom. The second-order valence-electron chi connectivity index (χ2n) is 1.84. The average molecular weight is 132 g/mol. The molecular weight excluding hydrogens is 124 g/mol. The Morgan fingerprint density at radius 1 is 1.75 bits per heavy atom. The van der Waals surface area contributed by atoms with Crippen LogP contribution in [0.5, 0.6) is 0 Å². The Labute approximate surface area is 53.6 Å². The van der Waals surface area contributed by atoms with Crippen molar-refractivity contribution in [2.24, 2.45) is 0 Å². The number of carbonyl (C=O) groups is 1. The van der Waals surface area contributed by atoms with Gasteiger partial charge >= 0.3 is 0 Å². The molecule has 0 amide bonds. The highest BCUT2D eigenvalue weighted by Crippen LogP contribution is 2.12. The van der Waals surface area contributed by atoms with E-state index in [0.29, 0.717) is 6.42 Å². The smallest absolute Gasteiger partial charge is 0.158 e. The van der Waals surface area contributed by atoms with Crippen molar-refractivity contribution in [3.05, 3.63) is 0 Å². The predicted octanol–water partition coefficient (Wildman–Crippen LogP) is 0.622. The summed E-state index contributed by atoms with van der Waals surface area (Å²) in [7, 11) is 0. The molecule has 1 unspecified atom stereocenters. The van der Waals surface area contributed by atoms with Crippen molar-refractivity contribution in [1.29, 1.82) is 0 Å². The number of ketones is 1. The molecule has 0 aromatic rings. The lowest BCUT2D eigenvalue weighted by Crippen LogP contribution is -2.21. The first kappa shape index (κ1) is 6.11. The van der Waals surface area contributed by atoms with Crippen LogP contribution in [0.4, 0.5) is 0 Å². The standard InChI is InChI=1S/C5H8O2S/c6-4-1-2-5(8)7-3-4/h5,8H,1-3H2. The van der Waals surface area contributed by atoms with Crippen LogP contribution in [0.2, 0.25) is 0 Å². The second-order valence-corrected chi connectivity index (χ2v) is 2.42. The molecule has 2 nitrogen and oxygen atoms in total. The molecule has 0 N–H and O–H groups in total. The van der Waals surface area contributed by atoms with Crippen LogP contribution in [-0.2, 0) is 9.53 Å². The van der Waals surface area contributed by atoms with Gasteiger partial charge in [-0.3, -0.25) is 4.79 Å². The number of ether oxygens (including phenoxy) is 1. The van der Waals surface area contributed by atoms with E-state index in [1.54, 1.807) is 0 Å². The molecule has 1 aliphatic rings. The summed E-state index contributed by atoms with van der Waals surface area (Å²) in [6, 6.07) is 0. The maximum absolute atomic E-state index is 10.4. The van der Waals surface area contributed by atoms with Crippen molar-refractivity contribution in [1.82, 2.24) is 0 Å². The molecular formula is C5H8O2S. The fourth-order valence-corrected chi connectivity index (χ4v) is 0.833. The molecule has 1 aliphatic heterocycles. The van der Waals surface area contributed by atoms with Crippen molar-refractivity contribution in [3.63, 3.8) is 0 Å². The van der Waals surface area contributed by atoms with Crippen molar-refractivity contribution >= 4 is 18.4 Å². The van der Waals surface area contributed by atoms with Gasteiger partial charge in [0.25, 0.3) is 0 Å². The van der Waals surface area contributed by atoms with Gasteiger partial charge in [-0.2, -0.15) is 0 Å². The van der Waals surface area contributed by atoms with Crippen LogP contribution in [0.15, 0.2) is 0 Å². The van der Waals surface area contributed by atoms with Crippen LogP contribution < -0.4 is 0 Å². The number of rotatable bonds is 0. The summed E-state index contributed by atoms with van der Waals surface area (Å²) in [5.74, 6) is 0.190. The second kappa shape index (κ2) is 2.51. The van der Waals surface area contributed by atoms with E-state index < -0.39 is 0 Å². The number of carbonyl (C=O) groups excluding carboxylic acids is 1. The monoisotopic (exact) mass is 132 g/mol. The highest BCUT2D eigenvalue weighted by Gasteiger charge is 2.14. The first-order valence-corrected chi connectivity index (χ1v) is 3.12. The zero-order valence-corrected chi connectivity index (χ0v) is 5.36. The average Bonchev–Trinajstić information content (AvgIpc) is 1.77. The Bertz CT molecular complexity index is 92.6. The lowest BCUT2D eigenvalue weighted by molar-refractivity contribution is -0.127. The number of hydrogen-bond acceptors (Lipinski definition) is 3. The lowest BCUT2D eigenvalue weighted by atomic mass is 10.2. The number of hydrogen-bond donors (Lipinski definition) is 1. The first-order chi connectivity index (χ1) is 3.79. The van der Waals surface area contributed by atoms with Gasteiger partial charge in [0.2, 0.25) is 0 Å². The van der Waals surface area contributed by atoms with Crippen LogP contribution in [0.1, 0.15) is 12.8 Å². The van der Waals surface area contributed by atoms with Gasteiger partial charge in [-0.05, 0) is 6.42 Å². The van der Waals surface area contributed by atoms with Crippen LogP contribution in [0.3, 0.4) is 0 Å². The fraction of sp³-hybridized carbons (Fsp3) is 0.800. The maximum atomic E-state index is 10.4. The summed E-state index contributed by atoms with van der Waals surface area (Å²) in [5, 5.41) is 0. The maximum Gasteiger partial charge on any atom is 0.158 e. The number of thiol groups is 1. The van der Waals surface area contributed by atoms with Crippen LogP contribution in [-0.4, -0.2) is 17.8 Å². The van der Waals surface area contributed by atoms with Crippen LogP contribution in [0.25, 0.3) is 0 Å². The summed E-state index contributed by atoms with van der Waals surface area (Å²) in [6.45, 7) is 0.258. The van der Waals surface area contributed by atoms with E-state index in [2.05, 4.69) is 12.6 Å². The first-order valence-electron chi connectivity index (χ1n) is 2.60. The van der Waals surface area contributed by atoms with Gasteiger partial charge in [-0.25, -0.2) is 0 Å². The Morgan fingerprint density at radius 2 is 2.50 bits per heavy atom. The van der Waals surface area contributed by atoms with Crippen LogP contribution in [0, 0.1) is 0 Å². The van der Waals surface area contributed by atoms with Crippen molar-refractivity contribution in [2.75, 3.05) is 6.61 Å². The van der Waals surface area contributed by atoms with Crippen LogP contribution >= 0.6 is 12.6 Å². The van der Waals surface area contributed by atoms with E-state index in [1.165, 1.54) is 0 Å². The zero-order valence-electron chi connectivity index (χ0n) is 4.46. The molecule has 0 aromatic heterocycles. The van der Waals surface area contributed by atoms with Gasteiger partial charge in [0.15, 0.2) is 5.78 Å². The largest absolute Gasteiger partial charge is 0.360 e. The molecule has 1 atom stereocenters. The quantitative estimate of drug-likeness (QED) is 0.489. The van der Waals surface area contributed by atoms with E-state index in [-0.39, 0.29) is 17.8 Å². The molecule has 1 saturated heterocycles. The van der Waals surface area contributed by atoms with Gasteiger partial charge in [0, 0.05) is 6.42 Å². The Balaban J connectivity index is 2.29. The molecule has 46 valence electrons. The molecule has 1 rings (SSSR count). The minimum atomic E-state index is -0.00676. The summed E-state index contributed by atoms with van der Waals surface area (Å²) >= 11 is 4.03. The third-order valence-corrected chi connectivity index (χ3v) is 1.51. The van der Waals surface area contributed by atoms with Gasteiger partial charge in [0.05, 0.1) is 0 Å². The molecule has 0 bridgehead atoms. The zero-order chi connectivity index (χ0) is 5.98. The molecule has 0 spiro atoms. The molecule has 1 fully saturated rings. The minimum absolute atomic E-state index is 0.00676. The third-order valence-electron chi connectivity index (χ3n) is 1.11. The minimum Gasteiger partial charge on any atom is -0.360 e.